The smallest absolute Gasteiger partial charge is 0.273 e. The Morgan fingerprint density at radius 1 is 1.00 bits per heavy atom. The van der Waals surface area contributed by atoms with Gasteiger partial charge in [0.05, 0.1) is 19.1 Å². The molecule has 2 aliphatic heterocycles. The van der Waals surface area contributed by atoms with Crippen LogP contribution in [0.25, 0.3) is 0 Å². The molecule has 0 spiro atoms. The summed E-state index contributed by atoms with van der Waals surface area (Å²) in [5, 5.41) is 12.0. The number of aromatic nitrogens is 2. The standard InChI is InChI=1S/C28H30F3N5O3S/c29-25(26(30)31)20-6-1-18(2-7-20)5-10-23-33-34-28(40-23)32-27(38)21-15-24(37)36(17-21)22-8-3-19(4-9-22)16-35-11-13-39-14-12-35/h1-4,6-9,21,25-26H,5,10-17H2,(H,32,34,38)/t21-,25?/m0/s1. The third kappa shape index (κ3) is 7.04. The third-order valence-electron chi connectivity index (χ3n) is 7.10. The normalized spacial score (nSPS) is 18.9. The van der Waals surface area contributed by atoms with Crippen molar-refractivity contribution in [2.45, 2.75) is 38.4 Å². The van der Waals surface area contributed by atoms with Gasteiger partial charge in [0, 0.05) is 44.7 Å². The number of hydrogen-bond donors (Lipinski definition) is 1. The van der Waals surface area contributed by atoms with E-state index < -0.39 is 18.5 Å². The highest BCUT2D eigenvalue weighted by atomic mass is 32.1. The number of anilines is 2. The first-order valence-corrected chi connectivity index (χ1v) is 14.0. The largest absolute Gasteiger partial charge is 0.379 e. The highest BCUT2D eigenvalue weighted by Gasteiger charge is 2.35. The summed E-state index contributed by atoms with van der Waals surface area (Å²) in [6.45, 7) is 4.42. The van der Waals surface area contributed by atoms with Gasteiger partial charge in [-0.2, -0.15) is 0 Å². The van der Waals surface area contributed by atoms with Crippen molar-refractivity contribution in [3.8, 4) is 0 Å². The van der Waals surface area contributed by atoms with Crippen LogP contribution < -0.4 is 10.2 Å². The van der Waals surface area contributed by atoms with Crippen molar-refractivity contribution in [3.05, 3.63) is 70.2 Å². The minimum Gasteiger partial charge on any atom is -0.379 e. The molecule has 2 fully saturated rings. The van der Waals surface area contributed by atoms with Crippen molar-refractivity contribution >= 4 is 34.0 Å². The number of benzene rings is 2. The van der Waals surface area contributed by atoms with Crippen molar-refractivity contribution in [1.82, 2.24) is 15.1 Å². The number of carbonyl (C=O) groups excluding carboxylic acids is 2. The Kier molecular flexibility index (Phi) is 9.08. The van der Waals surface area contributed by atoms with Crippen LogP contribution in [0, 0.1) is 5.92 Å². The van der Waals surface area contributed by atoms with Crippen molar-refractivity contribution in [3.63, 3.8) is 0 Å². The first-order valence-electron chi connectivity index (χ1n) is 13.2. The first kappa shape index (κ1) is 28.2. The SMILES string of the molecule is O=C(Nc1nnc(CCc2ccc(C(F)C(F)F)cc2)s1)[C@H]1CC(=O)N(c2ccc(CN3CCOCC3)cc2)C1. The number of hydrogen-bond acceptors (Lipinski definition) is 7. The number of aryl methyl sites for hydroxylation is 2. The fourth-order valence-electron chi connectivity index (χ4n) is 4.81. The number of nitrogens with one attached hydrogen (secondary N) is 1. The quantitative estimate of drug-likeness (QED) is 0.387. The van der Waals surface area contributed by atoms with Gasteiger partial charge < -0.3 is 15.0 Å². The Labute approximate surface area is 234 Å². The molecule has 2 aromatic carbocycles. The molecule has 40 heavy (non-hydrogen) atoms. The van der Waals surface area contributed by atoms with Gasteiger partial charge in [-0.05, 0) is 35.2 Å². The van der Waals surface area contributed by atoms with E-state index in [0.29, 0.717) is 29.5 Å². The number of halogens is 3. The van der Waals surface area contributed by atoms with Gasteiger partial charge in [0.2, 0.25) is 16.9 Å². The summed E-state index contributed by atoms with van der Waals surface area (Å²) in [6.07, 6.45) is -4.14. The van der Waals surface area contributed by atoms with E-state index in [1.807, 2.05) is 24.3 Å². The fraction of sp³-hybridized carbons (Fsp3) is 0.429. The average Bonchev–Trinajstić information content (AvgIpc) is 3.59. The zero-order valence-electron chi connectivity index (χ0n) is 21.8. The van der Waals surface area contributed by atoms with Crippen molar-refractivity contribution in [2.24, 2.45) is 5.92 Å². The molecule has 12 heteroatoms. The lowest BCUT2D eigenvalue weighted by Gasteiger charge is -2.26. The molecule has 0 bridgehead atoms. The van der Waals surface area contributed by atoms with Crippen LogP contribution in [0.4, 0.5) is 24.0 Å². The van der Waals surface area contributed by atoms with Gasteiger partial charge in [0.25, 0.3) is 6.43 Å². The van der Waals surface area contributed by atoms with Gasteiger partial charge in [-0.1, -0.05) is 47.7 Å². The van der Waals surface area contributed by atoms with Crippen LogP contribution in [0.5, 0.6) is 0 Å². The number of ether oxygens (including phenoxy) is 1. The summed E-state index contributed by atoms with van der Waals surface area (Å²) in [7, 11) is 0. The summed E-state index contributed by atoms with van der Waals surface area (Å²) >= 11 is 1.24. The van der Waals surface area contributed by atoms with E-state index in [0.717, 1.165) is 49.7 Å². The molecule has 3 heterocycles. The maximum atomic E-state index is 13.4. The average molecular weight is 574 g/mol. The second kappa shape index (κ2) is 12.9. The van der Waals surface area contributed by atoms with Crippen LogP contribution in [-0.2, 0) is 33.7 Å². The molecule has 0 saturated carbocycles. The minimum absolute atomic E-state index is 0.0515. The number of rotatable bonds is 10. The lowest BCUT2D eigenvalue weighted by molar-refractivity contribution is -0.122. The van der Waals surface area contributed by atoms with Crippen LogP contribution in [-0.4, -0.2) is 66.2 Å². The van der Waals surface area contributed by atoms with Crippen molar-refractivity contribution in [1.29, 1.82) is 0 Å². The zero-order chi connectivity index (χ0) is 28.1. The van der Waals surface area contributed by atoms with Crippen LogP contribution >= 0.6 is 11.3 Å². The van der Waals surface area contributed by atoms with E-state index in [2.05, 4.69) is 20.4 Å². The van der Waals surface area contributed by atoms with E-state index in [-0.39, 0.29) is 23.8 Å². The molecule has 2 saturated heterocycles. The summed E-state index contributed by atoms with van der Waals surface area (Å²) < 4.78 is 43.9. The molecular weight excluding hydrogens is 543 g/mol. The number of carbonyl (C=O) groups is 2. The predicted molar refractivity (Wildman–Crippen MR) is 145 cm³/mol. The first-order chi connectivity index (χ1) is 19.4. The number of morpholine rings is 1. The number of nitrogens with zero attached hydrogens (tertiary/aromatic N) is 4. The zero-order valence-corrected chi connectivity index (χ0v) is 22.6. The van der Waals surface area contributed by atoms with Crippen LogP contribution in [0.1, 0.15) is 34.3 Å². The van der Waals surface area contributed by atoms with E-state index in [9.17, 15) is 22.8 Å². The van der Waals surface area contributed by atoms with Gasteiger partial charge in [0.15, 0.2) is 6.17 Å². The van der Waals surface area contributed by atoms with Crippen LogP contribution in [0.15, 0.2) is 48.5 Å². The lowest BCUT2D eigenvalue weighted by Crippen LogP contribution is -2.35. The number of alkyl halides is 3. The minimum atomic E-state index is -3.05. The fourth-order valence-corrected chi connectivity index (χ4v) is 5.55. The Morgan fingerprint density at radius 3 is 2.40 bits per heavy atom. The van der Waals surface area contributed by atoms with E-state index >= 15 is 0 Å². The molecule has 5 rings (SSSR count). The summed E-state index contributed by atoms with van der Waals surface area (Å²) in [5.74, 6) is -0.880. The van der Waals surface area contributed by atoms with Crippen LogP contribution in [0.3, 0.4) is 0 Å². The predicted octanol–water partition coefficient (Wildman–Crippen LogP) is 4.42. The third-order valence-corrected chi connectivity index (χ3v) is 8.00. The Balaban J connectivity index is 1.10. The molecule has 2 amide bonds. The molecule has 1 unspecified atom stereocenters. The molecule has 0 aliphatic carbocycles. The highest BCUT2D eigenvalue weighted by Crippen LogP contribution is 2.28. The van der Waals surface area contributed by atoms with E-state index in [1.54, 1.807) is 17.0 Å². The Hall–Kier alpha value is -3.35. The second-order valence-corrected chi connectivity index (χ2v) is 11.0. The van der Waals surface area contributed by atoms with E-state index in [1.165, 1.54) is 23.5 Å². The monoisotopic (exact) mass is 573 g/mol. The van der Waals surface area contributed by atoms with Gasteiger partial charge in [-0.3, -0.25) is 14.5 Å². The summed E-state index contributed by atoms with van der Waals surface area (Å²) in [5.41, 5.74) is 2.73. The van der Waals surface area contributed by atoms with Crippen molar-refractivity contribution in [2.75, 3.05) is 43.1 Å². The summed E-state index contributed by atoms with van der Waals surface area (Å²) in [6, 6.07) is 13.9. The van der Waals surface area contributed by atoms with Gasteiger partial charge in [-0.25, -0.2) is 13.2 Å². The maximum absolute atomic E-state index is 13.4. The number of amides is 2. The molecular formula is C28H30F3N5O3S. The van der Waals surface area contributed by atoms with Crippen molar-refractivity contribution < 1.29 is 27.5 Å². The molecule has 1 N–H and O–H groups in total. The molecule has 8 nitrogen and oxygen atoms in total. The molecule has 1 aromatic heterocycles. The molecule has 3 aromatic rings. The molecule has 0 radical (unpaired) electrons. The molecule has 2 atom stereocenters. The lowest BCUT2D eigenvalue weighted by atomic mass is 10.1. The Bertz CT molecular complexity index is 1300. The van der Waals surface area contributed by atoms with Crippen LogP contribution in [0.2, 0.25) is 0 Å². The van der Waals surface area contributed by atoms with Gasteiger partial charge in [-0.15, -0.1) is 10.2 Å². The Morgan fingerprint density at radius 2 is 1.70 bits per heavy atom. The maximum Gasteiger partial charge on any atom is 0.273 e. The second-order valence-electron chi connectivity index (χ2n) is 9.93. The molecule has 2 aliphatic rings. The summed E-state index contributed by atoms with van der Waals surface area (Å²) in [4.78, 5) is 29.6. The van der Waals surface area contributed by atoms with Gasteiger partial charge >= 0.3 is 0 Å². The highest BCUT2D eigenvalue weighted by molar-refractivity contribution is 7.15. The van der Waals surface area contributed by atoms with E-state index in [4.69, 9.17) is 4.74 Å². The molecule has 212 valence electrons. The van der Waals surface area contributed by atoms with Gasteiger partial charge in [0.1, 0.15) is 5.01 Å². The topological polar surface area (TPSA) is 87.7 Å².